The van der Waals surface area contributed by atoms with E-state index in [1.807, 2.05) is 138 Å². The summed E-state index contributed by atoms with van der Waals surface area (Å²) in [6, 6.07) is 65.9. The standard InChI is InChI=1S/C60H36F3N5/c1-64-45-18-12-17-44(31-45)48-36-58(67-54-21-10-8-19-46(54)49-32-40(23-25-56(49)67)42-27-29-65-52(34-42)38-13-4-2-5-14-38)59(37-51(48)60(61,62)63)68-55-22-11-9-20-47(55)50-33-41(24-26-57(50)68)43-28-30-66-53(35-43)39-15-6-3-7-16-39/h2-37H. The van der Waals surface area contributed by atoms with Crippen LogP contribution in [0.1, 0.15) is 5.56 Å². The summed E-state index contributed by atoms with van der Waals surface area (Å²) in [6.45, 7) is 7.74. The van der Waals surface area contributed by atoms with E-state index in [0.29, 0.717) is 16.9 Å². The van der Waals surface area contributed by atoms with E-state index in [1.165, 1.54) is 12.1 Å². The SMILES string of the molecule is [C-]#[N+]c1cccc(-c2cc(-n3c4ccccc4c4cc(-c5ccnc(-c6ccccc6)c5)ccc43)c(-n3c4ccccc4c4cc(-c5ccnc(-c6ccccc6)c5)ccc43)cc2C(F)(F)F)c1. The van der Waals surface area contributed by atoms with Crippen LogP contribution in [0.5, 0.6) is 0 Å². The van der Waals surface area contributed by atoms with E-state index in [0.717, 1.165) is 88.4 Å². The van der Waals surface area contributed by atoms with Gasteiger partial charge in [-0.15, -0.1) is 0 Å². The molecule has 0 fully saturated rings. The lowest BCUT2D eigenvalue weighted by molar-refractivity contribution is -0.137. The van der Waals surface area contributed by atoms with Crippen molar-refractivity contribution in [2.24, 2.45) is 0 Å². The molecule has 0 radical (unpaired) electrons. The minimum atomic E-state index is -4.75. The predicted octanol–water partition coefficient (Wildman–Crippen LogP) is 16.6. The lowest BCUT2D eigenvalue weighted by Gasteiger charge is -2.22. The Morgan fingerprint density at radius 2 is 0.838 bits per heavy atom. The van der Waals surface area contributed by atoms with Crippen molar-refractivity contribution < 1.29 is 13.2 Å². The summed E-state index contributed by atoms with van der Waals surface area (Å²) in [7, 11) is 0. The molecular weight excluding hydrogens is 848 g/mol. The highest BCUT2D eigenvalue weighted by Gasteiger charge is 2.36. The normalized spacial score (nSPS) is 11.7. The van der Waals surface area contributed by atoms with Crippen molar-refractivity contribution in [3.8, 4) is 67.3 Å². The van der Waals surface area contributed by atoms with Gasteiger partial charge in [-0.25, -0.2) is 4.85 Å². The molecule has 0 amide bonds. The smallest absolute Gasteiger partial charge is 0.307 e. The van der Waals surface area contributed by atoms with Crippen molar-refractivity contribution in [3.05, 3.63) is 236 Å². The van der Waals surface area contributed by atoms with Crippen LogP contribution in [-0.2, 0) is 6.18 Å². The molecule has 0 saturated carbocycles. The van der Waals surface area contributed by atoms with Crippen molar-refractivity contribution in [1.29, 1.82) is 0 Å². The van der Waals surface area contributed by atoms with Crippen molar-refractivity contribution in [3.63, 3.8) is 0 Å². The van der Waals surface area contributed by atoms with Crippen LogP contribution in [0.2, 0.25) is 0 Å². The summed E-state index contributed by atoms with van der Waals surface area (Å²) in [5, 5.41) is 3.68. The molecule has 4 aromatic heterocycles. The number of alkyl halides is 3. The highest BCUT2D eigenvalue weighted by Crippen LogP contribution is 2.46. The number of para-hydroxylation sites is 2. The van der Waals surface area contributed by atoms with Gasteiger partial charge >= 0.3 is 6.18 Å². The largest absolute Gasteiger partial charge is 0.417 e. The number of fused-ring (bicyclic) bond motifs is 6. The second-order valence-corrected chi connectivity index (χ2v) is 16.8. The topological polar surface area (TPSA) is 40.0 Å². The molecule has 322 valence electrons. The molecule has 0 aliphatic rings. The quantitative estimate of drug-likeness (QED) is 0.150. The number of pyridine rings is 2. The van der Waals surface area contributed by atoms with E-state index >= 15 is 13.2 Å². The first-order valence-corrected chi connectivity index (χ1v) is 22.1. The van der Waals surface area contributed by atoms with Gasteiger partial charge in [0, 0.05) is 45.1 Å². The van der Waals surface area contributed by atoms with Crippen LogP contribution < -0.4 is 0 Å². The molecular formula is C60H36F3N5. The van der Waals surface area contributed by atoms with Crippen molar-refractivity contribution in [1.82, 2.24) is 19.1 Å². The summed E-state index contributed by atoms with van der Waals surface area (Å²) in [6.07, 6.45) is -1.13. The lowest BCUT2D eigenvalue weighted by Crippen LogP contribution is -2.12. The third kappa shape index (κ3) is 6.88. The Labute approximate surface area is 389 Å². The Bertz CT molecular complexity index is 3970. The van der Waals surface area contributed by atoms with E-state index < -0.39 is 11.7 Å². The van der Waals surface area contributed by atoms with E-state index in [4.69, 9.17) is 6.57 Å². The third-order valence-electron chi connectivity index (χ3n) is 12.9. The van der Waals surface area contributed by atoms with Gasteiger partial charge in [-0.05, 0) is 112 Å². The average Bonchev–Trinajstić information content (AvgIpc) is 3.90. The molecule has 8 heteroatoms. The Morgan fingerprint density at radius 1 is 0.382 bits per heavy atom. The Balaban J connectivity index is 1.13. The highest BCUT2D eigenvalue weighted by molar-refractivity contribution is 6.13. The van der Waals surface area contributed by atoms with Gasteiger partial charge in [0.05, 0.1) is 57.0 Å². The molecule has 0 N–H and O–H groups in total. The lowest BCUT2D eigenvalue weighted by atomic mass is 9.96. The van der Waals surface area contributed by atoms with Crippen molar-refractivity contribution in [2.45, 2.75) is 6.18 Å². The minimum absolute atomic E-state index is 0.0236. The molecule has 0 aliphatic heterocycles. The zero-order valence-electron chi connectivity index (χ0n) is 36.2. The maximum absolute atomic E-state index is 15.8. The summed E-state index contributed by atoms with van der Waals surface area (Å²) in [4.78, 5) is 12.9. The summed E-state index contributed by atoms with van der Waals surface area (Å²) >= 11 is 0. The van der Waals surface area contributed by atoms with Gasteiger partial charge in [-0.1, -0.05) is 127 Å². The maximum atomic E-state index is 15.8. The number of rotatable bonds is 7. The second kappa shape index (κ2) is 16.1. The zero-order chi connectivity index (χ0) is 45.9. The average molecular weight is 884 g/mol. The molecule has 8 aromatic carbocycles. The first-order chi connectivity index (χ1) is 33.3. The van der Waals surface area contributed by atoms with Gasteiger partial charge < -0.3 is 9.13 Å². The summed E-state index contributed by atoms with van der Waals surface area (Å²) in [5.41, 5.74) is 11.4. The molecule has 0 spiro atoms. The minimum Gasteiger partial charge on any atom is -0.307 e. The molecule has 0 atom stereocenters. The van der Waals surface area contributed by atoms with Gasteiger partial charge in [0.1, 0.15) is 0 Å². The Morgan fingerprint density at radius 3 is 1.35 bits per heavy atom. The molecule has 4 heterocycles. The molecule has 5 nitrogen and oxygen atoms in total. The first kappa shape index (κ1) is 40.4. The summed E-state index contributed by atoms with van der Waals surface area (Å²) < 4.78 is 51.5. The number of nitrogens with zero attached hydrogens (tertiary/aromatic N) is 5. The van der Waals surface area contributed by atoms with Crippen LogP contribution in [0.4, 0.5) is 18.9 Å². The molecule has 0 aliphatic carbocycles. The molecule has 0 saturated heterocycles. The van der Waals surface area contributed by atoms with Gasteiger partial charge in [-0.3, -0.25) is 9.97 Å². The van der Waals surface area contributed by atoms with Crippen LogP contribution >= 0.6 is 0 Å². The van der Waals surface area contributed by atoms with Crippen LogP contribution in [0, 0.1) is 6.57 Å². The molecule has 0 unspecified atom stereocenters. The van der Waals surface area contributed by atoms with E-state index in [-0.39, 0.29) is 11.3 Å². The number of benzene rings is 8. The van der Waals surface area contributed by atoms with Crippen molar-refractivity contribution >= 4 is 49.3 Å². The second-order valence-electron chi connectivity index (χ2n) is 16.8. The summed E-state index contributed by atoms with van der Waals surface area (Å²) in [5.74, 6) is 0. The van der Waals surface area contributed by atoms with Gasteiger partial charge in [0.25, 0.3) is 0 Å². The molecule has 12 aromatic rings. The number of hydrogen-bond acceptors (Lipinski definition) is 2. The number of halogens is 3. The van der Waals surface area contributed by atoms with Gasteiger partial charge in [0.15, 0.2) is 5.69 Å². The van der Waals surface area contributed by atoms with Crippen LogP contribution in [0.3, 0.4) is 0 Å². The molecule has 68 heavy (non-hydrogen) atoms. The van der Waals surface area contributed by atoms with Crippen LogP contribution in [-0.4, -0.2) is 19.1 Å². The molecule has 0 bridgehead atoms. The number of hydrogen-bond donors (Lipinski definition) is 0. The zero-order valence-corrected chi connectivity index (χ0v) is 36.2. The fourth-order valence-corrected chi connectivity index (χ4v) is 9.73. The third-order valence-corrected chi connectivity index (χ3v) is 12.9. The Kier molecular flexibility index (Phi) is 9.59. The first-order valence-electron chi connectivity index (χ1n) is 22.1. The Hall–Kier alpha value is -9.06. The van der Waals surface area contributed by atoms with E-state index in [1.54, 1.807) is 30.5 Å². The fraction of sp³-hybridized carbons (Fsp3) is 0.0167. The highest BCUT2D eigenvalue weighted by atomic mass is 19.4. The van der Waals surface area contributed by atoms with E-state index in [9.17, 15) is 0 Å². The fourth-order valence-electron chi connectivity index (χ4n) is 9.73. The monoisotopic (exact) mass is 883 g/mol. The van der Waals surface area contributed by atoms with E-state index in [2.05, 4.69) is 61.8 Å². The van der Waals surface area contributed by atoms with Crippen LogP contribution in [0.15, 0.2) is 219 Å². The van der Waals surface area contributed by atoms with Gasteiger partial charge in [0.2, 0.25) is 0 Å². The predicted molar refractivity (Wildman–Crippen MR) is 269 cm³/mol. The number of aromatic nitrogens is 4. The van der Waals surface area contributed by atoms with Crippen molar-refractivity contribution in [2.75, 3.05) is 0 Å². The van der Waals surface area contributed by atoms with Crippen LogP contribution in [0.25, 0.3) is 116 Å². The van der Waals surface area contributed by atoms with Gasteiger partial charge in [-0.2, -0.15) is 13.2 Å². The maximum Gasteiger partial charge on any atom is 0.417 e. The molecule has 12 rings (SSSR count).